The summed E-state index contributed by atoms with van der Waals surface area (Å²) in [5.74, 6) is -1.11. The van der Waals surface area contributed by atoms with Gasteiger partial charge in [0.2, 0.25) is 0 Å². The molecule has 1 aliphatic heterocycles. The van der Waals surface area contributed by atoms with Crippen LogP contribution in [0, 0.1) is 0 Å². The Labute approximate surface area is 145 Å². The largest absolute Gasteiger partial charge is 0.330 e. The topological polar surface area (TPSA) is 81.4 Å². The Balaban J connectivity index is 2.05. The summed E-state index contributed by atoms with van der Waals surface area (Å²) in [7, 11) is 2.81. The maximum absolute atomic E-state index is 12.5. The van der Waals surface area contributed by atoms with Gasteiger partial charge in [0.25, 0.3) is 17.4 Å². The molecule has 124 valence electrons. The molecule has 0 saturated heterocycles. The molecule has 1 aliphatic rings. The molecule has 9 heteroatoms. The molecule has 0 radical (unpaired) electrons. The summed E-state index contributed by atoms with van der Waals surface area (Å²) in [6.45, 7) is -0.205. The van der Waals surface area contributed by atoms with Gasteiger partial charge in [-0.25, -0.2) is 4.79 Å². The number of halogens is 2. The Morgan fingerprint density at radius 1 is 0.833 bits per heavy atom. The molecule has 0 fully saturated rings. The zero-order chi connectivity index (χ0) is 17.8. The van der Waals surface area contributed by atoms with E-state index in [9.17, 15) is 19.2 Å². The molecule has 24 heavy (non-hydrogen) atoms. The second kappa shape index (κ2) is 5.61. The molecule has 2 aromatic rings. The van der Waals surface area contributed by atoms with E-state index in [1.54, 1.807) is 0 Å². The zero-order valence-electron chi connectivity index (χ0n) is 12.7. The van der Waals surface area contributed by atoms with Crippen LogP contribution in [-0.4, -0.2) is 25.8 Å². The number of benzene rings is 1. The highest BCUT2D eigenvalue weighted by molar-refractivity contribution is 6.43. The molecule has 0 spiro atoms. The van der Waals surface area contributed by atoms with Crippen LogP contribution in [-0.2, 0) is 20.6 Å². The summed E-state index contributed by atoms with van der Waals surface area (Å²) in [6.07, 6.45) is 0. The Morgan fingerprint density at radius 2 is 1.33 bits per heavy atom. The molecular formula is C15H11Cl2N3O4. The van der Waals surface area contributed by atoms with E-state index < -0.39 is 23.1 Å². The molecule has 0 atom stereocenters. The average molecular weight is 368 g/mol. The van der Waals surface area contributed by atoms with Gasteiger partial charge in [0.1, 0.15) is 0 Å². The van der Waals surface area contributed by atoms with Crippen LogP contribution in [0.25, 0.3) is 0 Å². The maximum atomic E-state index is 12.5. The van der Waals surface area contributed by atoms with Gasteiger partial charge in [-0.1, -0.05) is 23.2 Å². The first-order valence-corrected chi connectivity index (χ1v) is 7.59. The lowest BCUT2D eigenvalue weighted by molar-refractivity contribution is 0.0638. The van der Waals surface area contributed by atoms with Gasteiger partial charge in [0, 0.05) is 25.9 Å². The van der Waals surface area contributed by atoms with Crippen molar-refractivity contribution in [1.82, 2.24) is 14.0 Å². The standard InChI is InChI=1S/C15H11Cl2N3O4/c1-18-7(3-12(21)19(2)15(18)24)6-20-13(22)8-4-10(16)11(17)5-9(8)14(20)23/h3-5H,6H2,1-2H3. The van der Waals surface area contributed by atoms with Crippen LogP contribution in [0.5, 0.6) is 0 Å². The Hall–Kier alpha value is -2.38. The van der Waals surface area contributed by atoms with Gasteiger partial charge >= 0.3 is 5.69 Å². The molecule has 0 saturated carbocycles. The monoisotopic (exact) mass is 367 g/mol. The van der Waals surface area contributed by atoms with Crippen molar-refractivity contribution in [3.05, 3.63) is 65.9 Å². The number of aromatic nitrogens is 2. The smallest absolute Gasteiger partial charge is 0.299 e. The zero-order valence-corrected chi connectivity index (χ0v) is 14.2. The molecule has 0 bridgehead atoms. The summed E-state index contributed by atoms with van der Waals surface area (Å²) < 4.78 is 2.15. The SMILES string of the molecule is Cn1c(CN2C(=O)c3cc(Cl)c(Cl)cc3C2=O)cc(=O)n(C)c1=O. The molecular weight excluding hydrogens is 357 g/mol. The average Bonchev–Trinajstić information content (AvgIpc) is 2.76. The number of nitrogens with zero attached hydrogens (tertiary/aromatic N) is 3. The number of carbonyl (C=O) groups excluding carboxylic acids is 2. The fourth-order valence-electron chi connectivity index (χ4n) is 2.52. The van der Waals surface area contributed by atoms with Crippen molar-refractivity contribution < 1.29 is 9.59 Å². The molecule has 2 amide bonds. The summed E-state index contributed by atoms with van der Waals surface area (Å²) in [5, 5.41) is 0.332. The third-order valence-electron chi connectivity index (χ3n) is 3.96. The third-order valence-corrected chi connectivity index (χ3v) is 4.68. The first-order valence-electron chi connectivity index (χ1n) is 6.83. The predicted molar refractivity (Wildman–Crippen MR) is 87.6 cm³/mol. The number of carbonyl (C=O) groups is 2. The minimum absolute atomic E-state index is 0.142. The lowest BCUT2D eigenvalue weighted by atomic mass is 10.1. The van der Waals surface area contributed by atoms with Crippen molar-refractivity contribution in [2.75, 3.05) is 0 Å². The van der Waals surface area contributed by atoms with Crippen molar-refractivity contribution in [2.45, 2.75) is 6.54 Å². The molecule has 2 heterocycles. The molecule has 3 rings (SSSR count). The van der Waals surface area contributed by atoms with E-state index in [-0.39, 0.29) is 33.4 Å². The molecule has 1 aromatic heterocycles. The predicted octanol–water partition coefficient (Wildman–Crippen LogP) is 1.19. The van der Waals surface area contributed by atoms with E-state index in [0.29, 0.717) is 0 Å². The first-order chi connectivity index (χ1) is 11.2. The van der Waals surface area contributed by atoms with Crippen molar-refractivity contribution in [3.63, 3.8) is 0 Å². The van der Waals surface area contributed by atoms with Crippen LogP contribution in [0.3, 0.4) is 0 Å². The quantitative estimate of drug-likeness (QED) is 0.746. The van der Waals surface area contributed by atoms with Gasteiger partial charge in [0.05, 0.1) is 27.7 Å². The molecule has 1 aromatic carbocycles. The van der Waals surface area contributed by atoms with Crippen LogP contribution in [0.15, 0.2) is 27.8 Å². The minimum Gasteiger partial charge on any atom is -0.299 e. The summed E-state index contributed by atoms with van der Waals surface area (Å²) in [5.41, 5.74) is -0.530. The van der Waals surface area contributed by atoms with Gasteiger partial charge < -0.3 is 0 Å². The maximum Gasteiger partial charge on any atom is 0.330 e. The second-order valence-electron chi connectivity index (χ2n) is 5.38. The molecule has 7 nitrogen and oxygen atoms in total. The lowest BCUT2D eigenvalue weighted by Gasteiger charge is -2.16. The van der Waals surface area contributed by atoms with Gasteiger partial charge in [-0.3, -0.25) is 28.4 Å². The number of hydrogen-bond acceptors (Lipinski definition) is 4. The Bertz CT molecular complexity index is 982. The summed E-state index contributed by atoms with van der Waals surface area (Å²) >= 11 is 11.8. The van der Waals surface area contributed by atoms with Gasteiger partial charge in [-0.15, -0.1) is 0 Å². The molecule has 0 aliphatic carbocycles. The lowest BCUT2D eigenvalue weighted by Crippen LogP contribution is -2.40. The summed E-state index contributed by atoms with van der Waals surface area (Å²) in [4.78, 5) is 49.6. The van der Waals surface area contributed by atoms with Crippen molar-refractivity contribution in [2.24, 2.45) is 14.1 Å². The van der Waals surface area contributed by atoms with Gasteiger partial charge in [0.15, 0.2) is 0 Å². The third kappa shape index (κ3) is 2.37. The number of fused-ring (bicyclic) bond motifs is 1. The fraction of sp³-hybridized carbons (Fsp3) is 0.200. The van der Waals surface area contributed by atoms with Gasteiger partial charge in [-0.2, -0.15) is 0 Å². The first kappa shape index (κ1) is 16.5. The van der Waals surface area contributed by atoms with E-state index in [1.807, 2.05) is 0 Å². The molecule has 0 unspecified atom stereocenters. The Kier molecular flexibility index (Phi) is 3.85. The highest BCUT2D eigenvalue weighted by Gasteiger charge is 2.36. The highest BCUT2D eigenvalue weighted by atomic mass is 35.5. The fourth-order valence-corrected chi connectivity index (χ4v) is 2.85. The Morgan fingerprint density at radius 3 is 1.83 bits per heavy atom. The number of hydrogen-bond donors (Lipinski definition) is 0. The number of rotatable bonds is 2. The summed E-state index contributed by atoms with van der Waals surface area (Å²) in [6, 6.07) is 3.88. The second-order valence-corrected chi connectivity index (χ2v) is 6.20. The molecule has 0 N–H and O–H groups in total. The van der Waals surface area contributed by atoms with Crippen LogP contribution in [0.4, 0.5) is 0 Å². The van der Waals surface area contributed by atoms with E-state index in [0.717, 1.165) is 9.47 Å². The van der Waals surface area contributed by atoms with Crippen LogP contribution >= 0.6 is 23.2 Å². The van der Waals surface area contributed by atoms with Crippen molar-refractivity contribution in [3.8, 4) is 0 Å². The highest BCUT2D eigenvalue weighted by Crippen LogP contribution is 2.31. The van der Waals surface area contributed by atoms with E-state index in [4.69, 9.17) is 23.2 Å². The van der Waals surface area contributed by atoms with Crippen LogP contribution < -0.4 is 11.2 Å². The van der Waals surface area contributed by atoms with E-state index in [1.165, 1.54) is 36.9 Å². The van der Waals surface area contributed by atoms with Gasteiger partial charge in [-0.05, 0) is 12.1 Å². The van der Waals surface area contributed by atoms with Crippen LogP contribution in [0.1, 0.15) is 26.4 Å². The normalized spacial score (nSPS) is 13.6. The van der Waals surface area contributed by atoms with Crippen molar-refractivity contribution >= 4 is 35.0 Å². The van der Waals surface area contributed by atoms with E-state index >= 15 is 0 Å². The van der Waals surface area contributed by atoms with E-state index in [2.05, 4.69) is 0 Å². The number of amides is 2. The van der Waals surface area contributed by atoms with Crippen LogP contribution in [0.2, 0.25) is 10.0 Å². The van der Waals surface area contributed by atoms with Crippen molar-refractivity contribution in [1.29, 1.82) is 0 Å². The minimum atomic E-state index is -0.554. The number of imide groups is 1.